The maximum absolute atomic E-state index is 10.6. The lowest BCUT2D eigenvalue weighted by atomic mass is 9.98. The van der Waals surface area contributed by atoms with Crippen molar-refractivity contribution < 1.29 is 9.90 Å². The molecular weight excluding hydrogens is 238 g/mol. The summed E-state index contributed by atoms with van der Waals surface area (Å²) in [5.41, 5.74) is 2.43. The number of carboxylic acids is 1. The molecule has 3 nitrogen and oxygen atoms in total. The summed E-state index contributed by atoms with van der Waals surface area (Å²) in [6, 6.07) is 8.35. The monoisotopic (exact) mass is 261 g/mol. The summed E-state index contributed by atoms with van der Waals surface area (Å²) in [4.78, 5) is 13.1. The van der Waals surface area contributed by atoms with Gasteiger partial charge in [-0.25, -0.2) is 0 Å². The van der Waals surface area contributed by atoms with Crippen LogP contribution >= 0.6 is 0 Å². The molecule has 0 unspecified atom stereocenters. The van der Waals surface area contributed by atoms with Gasteiger partial charge in [-0.15, -0.1) is 0 Å². The quantitative estimate of drug-likeness (QED) is 0.886. The Morgan fingerprint density at radius 2 is 2.00 bits per heavy atom. The van der Waals surface area contributed by atoms with Gasteiger partial charge in [0.2, 0.25) is 0 Å². The van der Waals surface area contributed by atoms with Crippen LogP contribution in [0.25, 0.3) is 0 Å². The maximum Gasteiger partial charge on any atom is 0.303 e. The van der Waals surface area contributed by atoms with Crippen molar-refractivity contribution in [3.05, 3.63) is 35.4 Å². The Balaban J connectivity index is 1.89. The van der Waals surface area contributed by atoms with E-state index in [9.17, 15) is 4.79 Å². The molecule has 2 rings (SSSR count). The van der Waals surface area contributed by atoms with Gasteiger partial charge in [-0.2, -0.15) is 0 Å². The molecule has 1 aliphatic heterocycles. The highest BCUT2D eigenvalue weighted by atomic mass is 16.4. The van der Waals surface area contributed by atoms with Gasteiger partial charge in [0.25, 0.3) is 0 Å². The molecule has 0 aliphatic carbocycles. The van der Waals surface area contributed by atoms with E-state index in [0.29, 0.717) is 6.42 Å². The smallest absolute Gasteiger partial charge is 0.303 e. The van der Waals surface area contributed by atoms with E-state index in [-0.39, 0.29) is 6.42 Å². The predicted octanol–water partition coefficient (Wildman–Crippen LogP) is 2.94. The Morgan fingerprint density at radius 1 is 1.32 bits per heavy atom. The highest BCUT2D eigenvalue weighted by Crippen LogP contribution is 2.18. The SMILES string of the molecule is CC1CCN(Cc2cccc(CCC(=O)O)c2)CC1. The number of carboxylic acid groups (broad SMARTS) is 1. The zero-order chi connectivity index (χ0) is 13.7. The van der Waals surface area contributed by atoms with E-state index >= 15 is 0 Å². The van der Waals surface area contributed by atoms with Crippen LogP contribution in [0.4, 0.5) is 0 Å². The molecule has 104 valence electrons. The molecule has 0 atom stereocenters. The molecule has 1 aromatic carbocycles. The zero-order valence-corrected chi connectivity index (χ0v) is 11.6. The second-order valence-electron chi connectivity index (χ2n) is 5.67. The lowest BCUT2D eigenvalue weighted by Gasteiger charge is -2.30. The first-order valence-corrected chi connectivity index (χ1v) is 7.15. The summed E-state index contributed by atoms with van der Waals surface area (Å²) in [7, 11) is 0. The van der Waals surface area contributed by atoms with Crippen LogP contribution in [0.3, 0.4) is 0 Å². The number of likely N-dealkylation sites (tertiary alicyclic amines) is 1. The van der Waals surface area contributed by atoms with Crippen molar-refractivity contribution in [1.82, 2.24) is 4.90 Å². The number of aryl methyl sites for hydroxylation is 1. The maximum atomic E-state index is 10.6. The fraction of sp³-hybridized carbons (Fsp3) is 0.562. The number of hydrogen-bond donors (Lipinski definition) is 1. The number of benzene rings is 1. The molecule has 1 heterocycles. The van der Waals surface area contributed by atoms with Crippen molar-refractivity contribution in [1.29, 1.82) is 0 Å². The van der Waals surface area contributed by atoms with Gasteiger partial charge < -0.3 is 5.11 Å². The highest BCUT2D eigenvalue weighted by molar-refractivity contribution is 5.67. The molecule has 0 bridgehead atoms. The largest absolute Gasteiger partial charge is 0.481 e. The molecule has 3 heteroatoms. The molecule has 1 N–H and O–H groups in total. The van der Waals surface area contributed by atoms with Crippen LogP contribution in [0.2, 0.25) is 0 Å². The predicted molar refractivity (Wildman–Crippen MR) is 76.1 cm³/mol. The number of rotatable bonds is 5. The van der Waals surface area contributed by atoms with Crippen LogP contribution in [-0.4, -0.2) is 29.1 Å². The van der Waals surface area contributed by atoms with Gasteiger partial charge in [0.05, 0.1) is 0 Å². The molecule has 1 aromatic rings. The first kappa shape index (κ1) is 14.1. The summed E-state index contributed by atoms with van der Waals surface area (Å²) in [5.74, 6) is 0.133. The van der Waals surface area contributed by atoms with Gasteiger partial charge in [-0.05, 0) is 49.4 Å². The van der Waals surface area contributed by atoms with Crippen LogP contribution in [0.5, 0.6) is 0 Å². The van der Waals surface area contributed by atoms with Crippen molar-refractivity contribution in [2.75, 3.05) is 13.1 Å². The van der Waals surface area contributed by atoms with Gasteiger partial charge in [0.15, 0.2) is 0 Å². The molecule has 19 heavy (non-hydrogen) atoms. The van der Waals surface area contributed by atoms with Gasteiger partial charge in [0, 0.05) is 13.0 Å². The van der Waals surface area contributed by atoms with Crippen LogP contribution in [0.15, 0.2) is 24.3 Å². The van der Waals surface area contributed by atoms with Crippen LogP contribution in [0, 0.1) is 5.92 Å². The molecule has 1 saturated heterocycles. The third-order valence-electron chi connectivity index (χ3n) is 3.90. The number of hydrogen-bond acceptors (Lipinski definition) is 2. The Kier molecular flexibility index (Phi) is 4.97. The average molecular weight is 261 g/mol. The fourth-order valence-electron chi connectivity index (χ4n) is 2.61. The molecule has 0 spiro atoms. The first-order chi connectivity index (χ1) is 9.13. The van der Waals surface area contributed by atoms with Crippen molar-refractivity contribution in [3.63, 3.8) is 0 Å². The third kappa shape index (κ3) is 4.67. The minimum atomic E-state index is -0.726. The van der Waals surface area contributed by atoms with E-state index in [0.717, 1.165) is 18.0 Å². The number of piperidine rings is 1. The summed E-state index contributed by atoms with van der Waals surface area (Å²) in [6.45, 7) is 5.68. The number of aliphatic carboxylic acids is 1. The first-order valence-electron chi connectivity index (χ1n) is 7.15. The van der Waals surface area contributed by atoms with Crippen molar-refractivity contribution in [2.45, 2.75) is 39.2 Å². The highest BCUT2D eigenvalue weighted by Gasteiger charge is 2.15. The molecule has 1 fully saturated rings. The molecule has 0 saturated carbocycles. The summed E-state index contributed by atoms with van der Waals surface area (Å²) < 4.78 is 0. The summed E-state index contributed by atoms with van der Waals surface area (Å²) >= 11 is 0. The van der Waals surface area contributed by atoms with Crippen molar-refractivity contribution >= 4 is 5.97 Å². The van der Waals surface area contributed by atoms with E-state index in [2.05, 4.69) is 24.0 Å². The minimum Gasteiger partial charge on any atom is -0.481 e. The number of carbonyl (C=O) groups is 1. The van der Waals surface area contributed by atoms with Gasteiger partial charge in [0.1, 0.15) is 0 Å². The molecular formula is C16H23NO2. The zero-order valence-electron chi connectivity index (χ0n) is 11.6. The Labute approximate surface area is 115 Å². The average Bonchev–Trinajstić information content (AvgIpc) is 2.40. The summed E-state index contributed by atoms with van der Waals surface area (Å²) in [6.07, 6.45) is 3.42. The van der Waals surface area contributed by atoms with E-state index in [1.165, 1.54) is 31.5 Å². The second kappa shape index (κ2) is 6.71. The topological polar surface area (TPSA) is 40.5 Å². The van der Waals surface area contributed by atoms with Crippen molar-refractivity contribution in [3.8, 4) is 0 Å². The van der Waals surface area contributed by atoms with E-state index in [4.69, 9.17) is 5.11 Å². The molecule has 0 amide bonds. The lowest BCUT2D eigenvalue weighted by molar-refractivity contribution is -0.136. The molecule has 1 aliphatic rings. The van der Waals surface area contributed by atoms with Gasteiger partial charge in [-0.3, -0.25) is 9.69 Å². The second-order valence-corrected chi connectivity index (χ2v) is 5.67. The van der Waals surface area contributed by atoms with E-state index < -0.39 is 5.97 Å². The van der Waals surface area contributed by atoms with E-state index in [1.807, 2.05) is 12.1 Å². The van der Waals surface area contributed by atoms with Crippen molar-refractivity contribution in [2.24, 2.45) is 5.92 Å². The third-order valence-corrected chi connectivity index (χ3v) is 3.90. The normalized spacial score (nSPS) is 17.5. The van der Waals surface area contributed by atoms with Crippen LogP contribution in [-0.2, 0) is 17.8 Å². The standard InChI is InChI=1S/C16H23NO2/c1-13-7-9-17(10-8-13)12-15-4-2-3-14(11-15)5-6-16(18)19/h2-4,11,13H,5-10,12H2,1H3,(H,18,19). The van der Waals surface area contributed by atoms with Crippen LogP contribution < -0.4 is 0 Å². The molecule has 0 aromatic heterocycles. The van der Waals surface area contributed by atoms with Gasteiger partial charge >= 0.3 is 5.97 Å². The minimum absolute atomic E-state index is 0.213. The fourth-order valence-corrected chi connectivity index (χ4v) is 2.61. The number of nitrogens with zero attached hydrogens (tertiary/aromatic N) is 1. The lowest BCUT2D eigenvalue weighted by Crippen LogP contribution is -2.32. The molecule has 0 radical (unpaired) electrons. The van der Waals surface area contributed by atoms with E-state index in [1.54, 1.807) is 0 Å². The Bertz CT molecular complexity index is 423. The Hall–Kier alpha value is -1.35. The Morgan fingerprint density at radius 3 is 2.68 bits per heavy atom. The summed E-state index contributed by atoms with van der Waals surface area (Å²) in [5, 5.41) is 8.72. The van der Waals surface area contributed by atoms with Gasteiger partial charge in [-0.1, -0.05) is 31.2 Å². The van der Waals surface area contributed by atoms with Crippen LogP contribution in [0.1, 0.15) is 37.3 Å².